The van der Waals surface area contributed by atoms with Gasteiger partial charge in [0.1, 0.15) is 9.23 Å². The number of hydrogen-bond donors (Lipinski definition) is 2. The van der Waals surface area contributed by atoms with Crippen LogP contribution in [0, 0.1) is 0 Å². The molecular weight excluding hydrogens is 312 g/mol. The molecule has 1 aromatic rings. The van der Waals surface area contributed by atoms with Crippen molar-refractivity contribution in [2.24, 2.45) is 5.73 Å². The number of thiophene rings is 1. The van der Waals surface area contributed by atoms with Crippen LogP contribution >= 0.6 is 38.9 Å². The summed E-state index contributed by atoms with van der Waals surface area (Å²) in [4.78, 5) is 0.0875. The van der Waals surface area contributed by atoms with Gasteiger partial charge in [-0.3, -0.25) is 0 Å². The zero-order valence-electron chi connectivity index (χ0n) is 6.96. The van der Waals surface area contributed by atoms with Gasteiger partial charge in [0.05, 0.1) is 3.79 Å². The Morgan fingerprint density at radius 1 is 1.64 bits per heavy atom. The van der Waals surface area contributed by atoms with Crippen LogP contribution in [0.1, 0.15) is 0 Å². The second-order valence-electron chi connectivity index (χ2n) is 2.37. The molecule has 0 amide bonds. The molecule has 1 heterocycles. The number of sulfonamides is 1. The molecule has 0 aromatic carbocycles. The van der Waals surface area contributed by atoms with E-state index < -0.39 is 10.0 Å². The molecule has 80 valence electrons. The smallest absolute Gasteiger partial charge is 0.242 e. The van der Waals surface area contributed by atoms with E-state index in [0.29, 0.717) is 3.79 Å². The van der Waals surface area contributed by atoms with Gasteiger partial charge in [0.25, 0.3) is 0 Å². The van der Waals surface area contributed by atoms with Crippen LogP contribution in [0.4, 0.5) is 0 Å². The predicted octanol–water partition coefficient (Wildman–Crippen LogP) is 1.40. The maximum absolute atomic E-state index is 11.6. The Morgan fingerprint density at radius 2 is 2.29 bits per heavy atom. The van der Waals surface area contributed by atoms with E-state index in [0.717, 1.165) is 11.3 Å². The molecular formula is C6H8BrClN2O2S2. The molecule has 0 unspecified atom stereocenters. The van der Waals surface area contributed by atoms with E-state index in [9.17, 15) is 8.42 Å². The summed E-state index contributed by atoms with van der Waals surface area (Å²) in [5.74, 6) is 0. The summed E-state index contributed by atoms with van der Waals surface area (Å²) in [6, 6.07) is 1.46. The minimum absolute atomic E-state index is 0.0875. The summed E-state index contributed by atoms with van der Waals surface area (Å²) < 4.78 is 26.4. The lowest BCUT2D eigenvalue weighted by Gasteiger charge is -2.02. The van der Waals surface area contributed by atoms with E-state index in [-0.39, 0.29) is 22.3 Å². The number of nitrogens with two attached hydrogens (primary N) is 1. The fourth-order valence-electron chi connectivity index (χ4n) is 0.779. The van der Waals surface area contributed by atoms with Crippen LogP contribution in [-0.2, 0) is 10.0 Å². The van der Waals surface area contributed by atoms with Gasteiger partial charge in [-0.15, -0.1) is 11.3 Å². The first-order valence-electron chi connectivity index (χ1n) is 3.62. The van der Waals surface area contributed by atoms with Crippen molar-refractivity contribution in [3.05, 3.63) is 14.2 Å². The van der Waals surface area contributed by atoms with Gasteiger partial charge in [-0.2, -0.15) is 0 Å². The summed E-state index contributed by atoms with van der Waals surface area (Å²) in [6.45, 7) is 0.453. The fourth-order valence-corrected chi connectivity index (χ4v) is 4.60. The van der Waals surface area contributed by atoms with E-state index in [1.54, 1.807) is 0 Å². The molecule has 3 N–H and O–H groups in total. The molecule has 0 atom stereocenters. The number of nitrogens with one attached hydrogen (secondary N) is 1. The van der Waals surface area contributed by atoms with E-state index in [1.165, 1.54) is 6.07 Å². The molecule has 0 spiro atoms. The standard InChI is InChI=1S/C6H8BrClN2O2S2/c7-5-3-4(6(8)13-5)14(11,12)10-2-1-9/h3,10H,1-2,9H2. The number of halogens is 2. The van der Waals surface area contributed by atoms with E-state index in [2.05, 4.69) is 20.7 Å². The van der Waals surface area contributed by atoms with Crippen molar-refractivity contribution in [2.45, 2.75) is 4.90 Å². The van der Waals surface area contributed by atoms with Crippen LogP contribution in [0.5, 0.6) is 0 Å². The normalized spacial score (nSPS) is 11.9. The Hall–Kier alpha value is 0.340. The number of rotatable bonds is 4. The van der Waals surface area contributed by atoms with Crippen LogP contribution < -0.4 is 10.5 Å². The SMILES string of the molecule is NCCNS(=O)(=O)c1cc(Br)sc1Cl. The van der Waals surface area contributed by atoms with E-state index in [4.69, 9.17) is 17.3 Å². The first kappa shape index (κ1) is 12.4. The van der Waals surface area contributed by atoms with Crippen molar-refractivity contribution in [1.29, 1.82) is 0 Å². The van der Waals surface area contributed by atoms with Crippen molar-refractivity contribution >= 4 is 48.9 Å². The van der Waals surface area contributed by atoms with Crippen molar-refractivity contribution in [3.8, 4) is 0 Å². The Morgan fingerprint density at radius 3 is 2.71 bits per heavy atom. The molecule has 14 heavy (non-hydrogen) atoms. The summed E-state index contributed by atoms with van der Waals surface area (Å²) in [5, 5.41) is 0. The summed E-state index contributed by atoms with van der Waals surface area (Å²) in [5.41, 5.74) is 5.19. The Kier molecular flexibility index (Phi) is 4.35. The minimum atomic E-state index is -3.51. The van der Waals surface area contributed by atoms with Crippen LogP contribution in [0.15, 0.2) is 14.7 Å². The zero-order valence-corrected chi connectivity index (χ0v) is 10.9. The molecule has 8 heteroatoms. The van der Waals surface area contributed by atoms with E-state index >= 15 is 0 Å². The third-order valence-corrected chi connectivity index (χ3v) is 4.94. The van der Waals surface area contributed by atoms with Gasteiger partial charge in [0.15, 0.2) is 0 Å². The molecule has 0 bridgehead atoms. The van der Waals surface area contributed by atoms with Crippen molar-refractivity contribution < 1.29 is 8.42 Å². The monoisotopic (exact) mass is 318 g/mol. The molecule has 1 rings (SSSR count). The molecule has 0 radical (unpaired) electrons. The van der Waals surface area contributed by atoms with E-state index in [1.807, 2.05) is 0 Å². The zero-order chi connectivity index (χ0) is 10.8. The summed E-state index contributed by atoms with van der Waals surface area (Å²) in [7, 11) is -3.51. The van der Waals surface area contributed by atoms with Crippen LogP contribution in [-0.4, -0.2) is 21.5 Å². The lowest BCUT2D eigenvalue weighted by Crippen LogP contribution is -2.29. The topological polar surface area (TPSA) is 72.2 Å². The maximum atomic E-state index is 11.6. The maximum Gasteiger partial charge on any atom is 0.242 e. The largest absolute Gasteiger partial charge is 0.329 e. The highest BCUT2D eigenvalue weighted by Gasteiger charge is 2.19. The van der Waals surface area contributed by atoms with Gasteiger partial charge in [0.2, 0.25) is 10.0 Å². The molecule has 0 saturated heterocycles. The Bertz CT molecular complexity index is 417. The average molecular weight is 320 g/mol. The predicted molar refractivity (Wildman–Crippen MR) is 61.3 cm³/mol. The molecule has 0 aliphatic rings. The quantitative estimate of drug-likeness (QED) is 0.881. The van der Waals surface area contributed by atoms with Crippen LogP contribution in [0.3, 0.4) is 0 Å². The van der Waals surface area contributed by atoms with Gasteiger partial charge in [-0.05, 0) is 22.0 Å². The van der Waals surface area contributed by atoms with Gasteiger partial charge in [0, 0.05) is 13.1 Å². The average Bonchev–Trinajstić information content (AvgIpc) is 2.42. The second-order valence-corrected chi connectivity index (χ2v) is 7.14. The van der Waals surface area contributed by atoms with Gasteiger partial charge >= 0.3 is 0 Å². The highest BCUT2D eigenvalue weighted by atomic mass is 79.9. The Balaban J connectivity index is 2.98. The Labute approximate surface area is 99.6 Å². The van der Waals surface area contributed by atoms with Crippen molar-refractivity contribution in [2.75, 3.05) is 13.1 Å². The minimum Gasteiger partial charge on any atom is -0.329 e. The number of hydrogen-bond acceptors (Lipinski definition) is 4. The lowest BCUT2D eigenvalue weighted by molar-refractivity contribution is 0.582. The van der Waals surface area contributed by atoms with Crippen LogP contribution in [0.2, 0.25) is 4.34 Å². The van der Waals surface area contributed by atoms with Gasteiger partial charge in [-0.25, -0.2) is 13.1 Å². The molecule has 1 aromatic heterocycles. The summed E-state index contributed by atoms with van der Waals surface area (Å²) in [6.07, 6.45) is 0. The molecule has 0 aliphatic carbocycles. The summed E-state index contributed by atoms with van der Waals surface area (Å²) >= 11 is 10.1. The second kappa shape index (κ2) is 4.91. The van der Waals surface area contributed by atoms with Gasteiger partial charge < -0.3 is 5.73 Å². The first-order chi connectivity index (χ1) is 6.47. The molecule has 0 fully saturated rings. The van der Waals surface area contributed by atoms with Crippen molar-refractivity contribution in [1.82, 2.24) is 4.72 Å². The third-order valence-electron chi connectivity index (χ3n) is 1.35. The highest BCUT2D eigenvalue weighted by Crippen LogP contribution is 2.34. The first-order valence-corrected chi connectivity index (χ1v) is 7.09. The molecule has 0 saturated carbocycles. The highest BCUT2D eigenvalue weighted by molar-refractivity contribution is 9.11. The van der Waals surface area contributed by atoms with Crippen molar-refractivity contribution in [3.63, 3.8) is 0 Å². The van der Waals surface area contributed by atoms with Crippen LogP contribution in [0.25, 0.3) is 0 Å². The third kappa shape index (κ3) is 2.91. The molecule has 4 nitrogen and oxygen atoms in total. The van der Waals surface area contributed by atoms with Gasteiger partial charge in [-0.1, -0.05) is 11.6 Å². The fraction of sp³-hybridized carbons (Fsp3) is 0.333. The lowest BCUT2D eigenvalue weighted by atomic mass is 10.7. The molecule has 0 aliphatic heterocycles.